The summed E-state index contributed by atoms with van der Waals surface area (Å²) in [6.07, 6.45) is 2.28. The van der Waals surface area contributed by atoms with E-state index in [2.05, 4.69) is 59.9 Å². The van der Waals surface area contributed by atoms with Gasteiger partial charge in [0, 0.05) is 25.3 Å². The summed E-state index contributed by atoms with van der Waals surface area (Å²) < 4.78 is 11.7. The molecule has 0 spiro atoms. The molecule has 38 heavy (non-hydrogen) atoms. The number of carbonyl (C=O) groups excluding carboxylic acids is 1. The topological polar surface area (TPSA) is 47.6 Å². The summed E-state index contributed by atoms with van der Waals surface area (Å²) in [6, 6.07) is 33.2. The Morgan fingerprint density at radius 3 is 2.39 bits per heavy atom. The number of hydrogen-bond acceptors (Lipinski definition) is 4. The zero-order valence-corrected chi connectivity index (χ0v) is 22.5. The molecule has 0 aliphatic carbocycles. The van der Waals surface area contributed by atoms with Crippen molar-refractivity contribution in [2.45, 2.75) is 31.8 Å². The first kappa shape index (κ1) is 27.8. The van der Waals surface area contributed by atoms with Crippen LogP contribution in [0.4, 0.5) is 0 Å². The molecule has 4 nitrogen and oxygen atoms in total. The van der Waals surface area contributed by atoms with E-state index in [-0.39, 0.29) is 24.2 Å². The van der Waals surface area contributed by atoms with E-state index < -0.39 is 0 Å². The fourth-order valence-electron chi connectivity index (χ4n) is 5.20. The van der Waals surface area contributed by atoms with Crippen molar-refractivity contribution < 1.29 is 14.3 Å². The van der Waals surface area contributed by atoms with E-state index in [9.17, 15) is 4.79 Å². The predicted octanol–water partition coefficient (Wildman–Crippen LogP) is 6.75. The van der Waals surface area contributed by atoms with E-state index in [0.29, 0.717) is 32.0 Å². The van der Waals surface area contributed by atoms with Crippen LogP contribution in [0.3, 0.4) is 0 Å². The van der Waals surface area contributed by atoms with Gasteiger partial charge < -0.3 is 14.8 Å². The zero-order valence-electron chi connectivity index (χ0n) is 21.7. The molecule has 4 aromatic carbocycles. The standard InChI is InChI=1S/C33H35NO3.ClH/c35-33(22-26-11-12-27-9-4-5-10-29(27)21-26)32-23-34-18-17-31(32)28-13-15-30(16-14-28)37-20-6-19-36-24-25-7-2-1-3-8-25;/h1-5,7-16,21,31-32,34H,6,17-20,22-24H2;1H. The number of ketones is 1. The normalized spacial score (nSPS) is 17.1. The summed E-state index contributed by atoms with van der Waals surface area (Å²) in [5, 5.41) is 5.83. The number of fused-ring (bicyclic) bond motifs is 1. The predicted molar refractivity (Wildman–Crippen MR) is 156 cm³/mol. The first-order valence-corrected chi connectivity index (χ1v) is 13.3. The maximum absolute atomic E-state index is 13.4. The average molecular weight is 530 g/mol. The summed E-state index contributed by atoms with van der Waals surface area (Å²) in [5.41, 5.74) is 3.49. The number of Topliss-reactive ketones (excluding diaryl/α,β-unsaturated/α-hetero) is 1. The molecule has 1 aliphatic heterocycles. The quantitative estimate of drug-likeness (QED) is 0.218. The molecule has 5 heteroatoms. The molecule has 1 aliphatic rings. The number of ether oxygens (including phenoxy) is 2. The molecule has 1 saturated heterocycles. The Bertz CT molecular complexity index is 1290. The lowest BCUT2D eigenvalue weighted by atomic mass is 9.77. The van der Waals surface area contributed by atoms with Crippen LogP contribution in [-0.2, 0) is 22.6 Å². The van der Waals surface area contributed by atoms with Gasteiger partial charge in [-0.05, 0) is 58.5 Å². The average Bonchev–Trinajstić information content (AvgIpc) is 2.96. The van der Waals surface area contributed by atoms with Crippen LogP contribution in [0.5, 0.6) is 5.75 Å². The van der Waals surface area contributed by atoms with Crippen LogP contribution < -0.4 is 10.1 Å². The number of carbonyl (C=O) groups is 1. The molecule has 0 bridgehead atoms. The Morgan fingerprint density at radius 2 is 1.58 bits per heavy atom. The van der Waals surface area contributed by atoms with Gasteiger partial charge >= 0.3 is 0 Å². The second-order valence-electron chi connectivity index (χ2n) is 9.84. The van der Waals surface area contributed by atoms with Crippen LogP contribution in [0.1, 0.15) is 35.4 Å². The van der Waals surface area contributed by atoms with E-state index >= 15 is 0 Å². The molecule has 2 atom stereocenters. The molecule has 0 amide bonds. The number of piperidine rings is 1. The van der Waals surface area contributed by atoms with Crippen LogP contribution in [-0.4, -0.2) is 32.1 Å². The van der Waals surface area contributed by atoms with Crippen LogP contribution in [0.15, 0.2) is 97.1 Å². The Balaban J connectivity index is 0.00000336. The summed E-state index contributed by atoms with van der Waals surface area (Å²) in [7, 11) is 0. The highest BCUT2D eigenvalue weighted by atomic mass is 35.5. The third-order valence-electron chi connectivity index (χ3n) is 7.21. The third-order valence-corrected chi connectivity index (χ3v) is 7.21. The van der Waals surface area contributed by atoms with Crippen molar-refractivity contribution in [3.8, 4) is 5.75 Å². The second kappa shape index (κ2) is 14.1. The van der Waals surface area contributed by atoms with E-state index in [1.54, 1.807) is 0 Å². The van der Waals surface area contributed by atoms with Gasteiger partial charge in [0.25, 0.3) is 0 Å². The minimum atomic E-state index is -0.0197. The smallest absolute Gasteiger partial charge is 0.142 e. The Morgan fingerprint density at radius 1 is 0.816 bits per heavy atom. The molecule has 0 radical (unpaired) electrons. The number of halogens is 1. The number of nitrogens with one attached hydrogen (secondary N) is 1. The molecule has 2 unspecified atom stereocenters. The van der Waals surface area contributed by atoms with Crippen molar-refractivity contribution >= 4 is 29.0 Å². The van der Waals surface area contributed by atoms with Gasteiger partial charge in [-0.3, -0.25) is 4.79 Å². The molecule has 0 saturated carbocycles. The van der Waals surface area contributed by atoms with E-state index in [1.165, 1.54) is 21.9 Å². The second-order valence-corrected chi connectivity index (χ2v) is 9.84. The molecule has 198 valence electrons. The Kier molecular flexibility index (Phi) is 10.3. The molecule has 0 aromatic heterocycles. The zero-order chi connectivity index (χ0) is 25.3. The summed E-state index contributed by atoms with van der Waals surface area (Å²) in [4.78, 5) is 13.4. The molecule has 4 aromatic rings. The van der Waals surface area contributed by atoms with E-state index in [4.69, 9.17) is 9.47 Å². The van der Waals surface area contributed by atoms with Gasteiger partial charge in [-0.15, -0.1) is 12.4 Å². The fourth-order valence-corrected chi connectivity index (χ4v) is 5.20. The van der Waals surface area contributed by atoms with Gasteiger partial charge in [0.2, 0.25) is 0 Å². The van der Waals surface area contributed by atoms with Crippen LogP contribution in [0.2, 0.25) is 0 Å². The SMILES string of the molecule is Cl.O=C(Cc1ccc2ccccc2c1)C1CNCCC1c1ccc(OCCCOCc2ccccc2)cc1. The first-order chi connectivity index (χ1) is 18.3. The first-order valence-electron chi connectivity index (χ1n) is 13.3. The summed E-state index contributed by atoms with van der Waals surface area (Å²) in [5.74, 6) is 1.38. The van der Waals surface area contributed by atoms with Gasteiger partial charge in [0.15, 0.2) is 0 Å². The molecule has 1 fully saturated rings. The lowest BCUT2D eigenvalue weighted by Crippen LogP contribution is -2.40. The highest BCUT2D eigenvalue weighted by Crippen LogP contribution is 2.33. The minimum Gasteiger partial charge on any atom is -0.494 e. The highest BCUT2D eigenvalue weighted by molar-refractivity contribution is 5.87. The van der Waals surface area contributed by atoms with Crippen LogP contribution in [0, 0.1) is 5.92 Å². The number of hydrogen-bond donors (Lipinski definition) is 1. The Labute approximate surface area is 231 Å². The highest BCUT2D eigenvalue weighted by Gasteiger charge is 2.31. The summed E-state index contributed by atoms with van der Waals surface area (Å²) in [6.45, 7) is 3.59. The third kappa shape index (κ3) is 7.44. The molecular weight excluding hydrogens is 494 g/mol. The van der Waals surface area contributed by atoms with Gasteiger partial charge in [0.05, 0.1) is 19.8 Å². The van der Waals surface area contributed by atoms with Gasteiger partial charge in [-0.2, -0.15) is 0 Å². The van der Waals surface area contributed by atoms with Gasteiger partial charge in [0.1, 0.15) is 11.5 Å². The fraction of sp³-hybridized carbons (Fsp3) is 0.303. The maximum atomic E-state index is 13.4. The molecule has 1 N–H and O–H groups in total. The Hall–Kier alpha value is -3.18. The van der Waals surface area contributed by atoms with E-state index in [0.717, 1.165) is 37.2 Å². The largest absolute Gasteiger partial charge is 0.494 e. The molecule has 1 heterocycles. The number of benzene rings is 4. The van der Waals surface area contributed by atoms with Crippen LogP contribution in [0.25, 0.3) is 10.8 Å². The van der Waals surface area contributed by atoms with E-state index in [1.807, 2.05) is 42.5 Å². The monoisotopic (exact) mass is 529 g/mol. The van der Waals surface area contributed by atoms with Crippen molar-refractivity contribution in [3.05, 3.63) is 114 Å². The number of rotatable bonds is 11. The van der Waals surface area contributed by atoms with Gasteiger partial charge in [-0.25, -0.2) is 0 Å². The van der Waals surface area contributed by atoms with Crippen molar-refractivity contribution in [1.29, 1.82) is 0 Å². The maximum Gasteiger partial charge on any atom is 0.142 e. The molecule has 5 rings (SSSR count). The lowest BCUT2D eigenvalue weighted by molar-refractivity contribution is -0.123. The van der Waals surface area contributed by atoms with Crippen molar-refractivity contribution in [2.24, 2.45) is 5.92 Å². The van der Waals surface area contributed by atoms with Crippen molar-refractivity contribution in [1.82, 2.24) is 5.32 Å². The summed E-state index contributed by atoms with van der Waals surface area (Å²) >= 11 is 0. The van der Waals surface area contributed by atoms with Gasteiger partial charge in [-0.1, -0.05) is 84.9 Å². The van der Waals surface area contributed by atoms with Crippen molar-refractivity contribution in [2.75, 3.05) is 26.3 Å². The van der Waals surface area contributed by atoms with Crippen LogP contribution >= 0.6 is 12.4 Å². The molecular formula is C33H36ClNO3. The minimum absolute atomic E-state index is 0. The van der Waals surface area contributed by atoms with Crippen molar-refractivity contribution in [3.63, 3.8) is 0 Å². The lowest BCUT2D eigenvalue weighted by Gasteiger charge is -2.31.